The van der Waals surface area contributed by atoms with E-state index in [1.54, 1.807) is 24.3 Å². The van der Waals surface area contributed by atoms with Gasteiger partial charge in [0.1, 0.15) is 17.7 Å². The molecular formula is C25H25ClN4O6. The highest BCUT2D eigenvalue weighted by Crippen LogP contribution is 2.39. The molecule has 1 aromatic carbocycles. The number of aliphatic hydroxyl groups excluding tert-OH is 1. The second-order valence-electron chi connectivity index (χ2n) is 9.19. The minimum atomic E-state index is -2.15. The normalized spacial score (nSPS) is 26.7. The molecule has 5 atom stereocenters. The van der Waals surface area contributed by atoms with Crippen LogP contribution in [0.1, 0.15) is 30.3 Å². The Morgan fingerprint density at radius 3 is 2.75 bits per heavy atom. The molecule has 5 rings (SSSR count). The average Bonchev–Trinajstić information content (AvgIpc) is 3.53. The first-order chi connectivity index (χ1) is 17.3. The lowest BCUT2D eigenvalue weighted by Gasteiger charge is -2.26. The smallest absolute Gasteiger partial charge is 0.333 e. The number of ether oxygens (including phenoxy) is 2. The highest BCUT2D eigenvalue weighted by Gasteiger charge is 2.56. The molecule has 1 saturated carbocycles. The second kappa shape index (κ2) is 9.76. The summed E-state index contributed by atoms with van der Waals surface area (Å²) in [5.41, 5.74) is 0.190. The number of nitrogens with zero attached hydrogens (tertiary/aromatic N) is 4. The minimum Gasteiger partial charge on any atom is -0.479 e. The van der Waals surface area contributed by atoms with Crippen LogP contribution >= 0.6 is 11.6 Å². The van der Waals surface area contributed by atoms with Gasteiger partial charge in [0.2, 0.25) is 5.28 Å². The highest BCUT2D eigenvalue weighted by atomic mass is 35.5. The number of aliphatic carboxylic acids is 1. The fraction of sp³-hybridized carbons (Fsp3) is 0.440. The molecule has 0 spiro atoms. The number of terminal acetylenes is 1. The van der Waals surface area contributed by atoms with Crippen LogP contribution in [0.5, 0.6) is 0 Å². The summed E-state index contributed by atoms with van der Waals surface area (Å²) in [6.45, 7) is -0.368. The molecule has 2 aliphatic rings. The van der Waals surface area contributed by atoms with E-state index in [0.717, 1.165) is 18.4 Å². The molecule has 2 aromatic heterocycles. The number of halogens is 1. The van der Waals surface area contributed by atoms with Gasteiger partial charge in [-0.05, 0) is 42.3 Å². The third-order valence-corrected chi connectivity index (χ3v) is 6.82. The number of aliphatic hydroxyl groups is 2. The lowest BCUT2D eigenvalue weighted by Crippen LogP contribution is -2.48. The summed E-state index contributed by atoms with van der Waals surface area (Å²) in [5, 5.41) is 31.8. The molecule has 2 fully saturated rings. The molecule has 1 unspecified atom stereocenters. The van der Waals surface area contributed by atoms with E-state index in [2.05, 4.69) is 20.9 Å². The lowest BCUT2D eigenvalue weighted by atomic mass is 9.93. The summed E-state index contributed by atoms with van der Waals surface area (Å²) in [6.07, 6.45) is 4.90. The third-order valence-electron chi connectivity index (χ3n) is 6.65. The molecule has 1 aliphatic carbocycles. The SMILES string of the molecule is C#C[C@@]1(O)[C@@H](COC(Cc2ccccc2)C(=O)O)O[C@@H](n2cnc3c(CC4CC4)nc(Cl)nc32)[C@@H]1O. The number of carbonyl (C=O) groups is 1. The molecule has 11 heteroatoms. The maximum absolute atomic E-state index is 11.8. The van der Waals surface area contributed by atoms with Gasteiger partial charge in [-0.1, -0.05) is 36.3 Å². The van der Waals surface area contributed by atoms with Crippen molar-refractivity contribution in [2.24, 2.45) is 5.92 Å². The van der Waals surface area contributed by atoms with Crippen molar-refractivity contribution in [1.82, 2.24) is 19.5 Å². The first-order valence-corrected chi connectivity index (χ1v) is 12.0. The Labute approximate surface area is 211 Å². The number of aromatic nitrogens is 4. The molecule has 3 heterocycles. The average molecular weight is 513 g/mol. The van der Waals surface area contributed by atoms with E-state index in [1.807, 2.05) is 6.07 Å². The van der Waals surface area contributed by atoms with Gasteiger partial charge in [0, 0.05) is 6.42 Å². The quantitative estimate of drug-likeness (QED) is 0.289. The summed E-state index contributed by atoms with van der Waals surface area (Å²) in [7, 11) is 0. The van der Waals surface area contributed by atoms with Crippen LogP contribution in [0.25, 0.3) is 11.2 Å². The van der Waals surface area contributed by atoms with E-state index in [0.29, 0.717) is 29.2 Å². The molecule has 0 bridgehead atoms. The molecule has 3 aromatic rings. The van der Waals surface area contributed by atoms with Crippen LogP contribution in [-0.2, 0) is 27.1 Å². The van der Waals surface area contributed by atoms with Crippen LogP contribution in [0.15, 0.2) is 36.7 Å². The van der Waals surface area contributed by atoms with E-state index in [-0.39, 0.29) is 18.3 Å². The van der Waals surface area contributed by atoms with Crippen molar-refractivity contribution < 1.29 is 29.6 Å². The predicted molar refractivity (Wildman–Crippen MR) is 128 cm³/mol. The van der Waals surface area contributed by atoms with Gasteiger partial charge in [-0.15, -0.1) is 6.42 Å². The predicted octanol–water partition coefficient (Wildman–Crippen LogP) is 1.77. The summed E-state index contributed by atoms with van der Waals surface area (Å²) in [4.78, 5) is 24.8. The number of carboxylic acid groups (broad SMARTS) is 1. The van der Waals surface area contributed by atoms with Crippen molar-refractivity contribution >= 4 is 28.7 Å². The largest absolute Gasteiger partial charge is 0.479 e. The van der Waals surface area contributed by atoms with Gasteiger partial charge in [0.25, 0.3) is 0 Å². The first kappa shape index (κ1) is 24.6. The summed E-state index contributed by atoms with van der Waals surface area (Å²) in [5.74, 6) is 1.56. The van der Waals surface area contributed by atoms with E-state index < -0.39 is 36.1 Å². The van der Waals surface area contributed by atoms with Crippen LogP contribution in [0.3, 0.4) is 0 Å². The number of fused-ring (bicyclic) bond motifs is 1. The number of imidazole rings is 1. The molecule has 36 heavy (non-hydrogen) atoms. The van der Waals surface area contributed by atoms with Gasteiger partial charge in [-0.3, -0.25) is 4.57 Å². The van der Waals surface area contributed by atoms with Gasteiger partial charge in [-0.25, -0.2) is 14.8 Å². The van der Waals surface area contributed by atoms with E-state index >= 15 is 0 Å². The molecule has 188 valence electrons. The van der Waals surface area contributed by atoms with E-state index in [1.165, 1.54) is 10.9 Å². The zero-order valence-corrected chi connectivity index (χ0v) is 20.0. The van der Waals surface area contributed by atoms with Crippen LogP contribution in [-0.4, -0.2) is 71.3 Å². The van der Waals surface area contributed by atoms with Crippen LogP contribution < -0.4 is 0 Å². The third kappa shape index (κ3) is 4.68. The number of hydrogen-bond donors (Lipinski definition) is 3. The summed E-state index contributed by atoms with van der Waals surface area (Å²) in [6, 6.07) is 9.00. The van der Waals surface area contributed by atoms with Gasteiger partial charge < -0.3 is 24.8 Å². The Balaban J connectivity index is 1.38. The van der Waals surface area contributed by atoms with Crippen molar-refractivity contribution in [2.75, 3.05) is 6.61 Å². The summed E-state index contributed by atoms with van der Waals surface area (Å²) >= 11 is 6.17. The minimum absolute atomic E-state index is 0.0321. The van der Waals surface area contributed by atoms with Crippen molar-refractivity contribution in [2.45, 2.75) is 55.8 Å². The Morgan fingerprint density at radius 1 is 1.33 bits per heavy atom. The molecule has 0 amide bonds. The fourth-order valence-corrected chi connectivity index (χ4v) is 4.62. The van der Waals surface area contributed by atoms with Crippen LogP contribution in [0.2, 0.25) is 5.28 Å². The van der Waals surface area contributed by atoms with E-state index in [9.17, 15) is 20.1 Å². The maximum Gasteiger partial charge on any atom is 0.333 e. The Kier molecular flexibility index (Phi) is 6.68. The van der Waals surface area contributed by atoms with Crippen molar-refractivity contribution in [3.63, 3.8) is 0 Å². The molecule has 3 N–H and O–H groups in total. The van der Waals surface area contributed by atoms with Crippen LogP contribution in [0.4, 0.5) is 0 Å². The molecule has 10 nitrogen and oxygen atoms in total. The Hall–Kier alpha value is -3.07. The van der Waals surface area contributed by atoms with Crippen LogP contribution in [0, 0.1) is 18.3 Å². The van der Waals surface area contributed by atoms with Crippen molar-refractivity contribution in [1.29, 1.82) is 0 Å². The molecular weight excluding hydrogens is 488 g/mol. The van der Waals surface area contributed by atoms with Gasteiger partial charge >= 0.3 is 5.97 Å². The molecule has 1 aliphatic heterocycles. The fourth-order valence-electron chi connectivity index (χ4n) is 4.44. The first-order valence-electron chi connectivity index (χ1n) is 11.6. The highest BCUT2D eigenvalue weighted by molar-refractivity contribution is 6.28. The number of benzene rings is 1. The Bertz CT molecular complexity index is 1310. The van der Waals surface area contributed by atoms with Gasteiger partial charge in [0.05, 0.1) is 18.6 Å². The zero-order valence-electron chi connectivity index (χ0n) is 19.2. The van der Waals surface area contributed by atoms with Crippen molar-refractivity contribution in [3.8, 4) is 12.3 Å². The monoisotopic (exact) mass is 512 g/mol. The molecule has 1 saturated heterocycles. The lowest BCUT2D eigenvalue weighted by molar-refractivity contribution is -0.156. The Morgan fingerprint density at radius 2 is 2.08 bits per heavy atom. The standard InChI is InChI=1S/C25H25ClN4O6/c1-2-25(34)18(12-35-17(23(32)33)11-14-6-4-3-5-7-14)36-22(20(25)31)30-13-27-19-16(10-15-8-9-15)28-24(26)29-21(19)30/h1,3-7,13,15,17-18,20,22,31,34H,8-12H2,(H,32,33)/t17?,18-,20+,22-,25-/m1/s1. The number of rotatable bonds is 9. The summed E-state index contributed by atoms with van der Waals surface area (Å²) < 4.78 is 13.0. The molecule has 0 radical (unpaired) electrons. The number of carboxylic acids is 1. The zero-order chi connectivity index (χ0) is 25.4. The van der Waals surface area contributed by atoms with Crippen molar-refractivity contribution in [3.05, 3.63) is 53.2 Å². The number of hydrogen-bond acceptors (Lipinski definition) is 8. The second-order valence-corrected chi connectivity index (χ2v) is 9.53. The topological polar surface area (TPSA) is 140 Å². The van der Waals surface area contributed by atoms with E-state index in [4.69, 9.17) is 27.5 Å². The maximum atomic E-state index is 11.8. The van der Waals surface area contributed by atoms with Gasteiger partial charge in [0.15, 0.2) is 23.6 Å². The van der Waals surface area contributed by atoms with Gasteiger partial charge in [-0.2, -0.15) is 4.98 Å².